The van der Waals surface area contributed by atoms with Crippen molar-refractivity contribution in [1.29, 1.82) is 0 Å². The first-order chi connectivity index (χ1) is 10.9. The zero-order chi connectivity index (χ0) is 14.5. The molecule has 112 valence electrons. The molecular formula is C20H22N2. The topological polar surface area (TPSA) is 6.48 Å². The molecule has 0 N–H and O–H groups in total. The van der Waals surface area contributed by atoms with Gasteiger partial charge in [-0.2, -0.15) is 0 Å². The maximum Gasteiger partial charge on any atom is 0.0611 e. The number of fused-ring (bicyclic) bond motifs is 6. The van der Waals surface area contributed by atoms with Gasteiger partial charge in [0.2, 0.25) is 0 Å². The molecule has 3 atom stereocenters. The summed E-state index contributed by atoms with van der Waals surface area (Å²) >= 11 is 0. The van der Waals surface area contributed by atoms with E-state index in [-0.39, 0.29) is 0 Å². The highest BCUT2D eigenvalue weighted by atomic mass is 15.3. The van der Waals surface area contributed by atoms with Crippen LogP contribution in [0.5, 0.6) is 0 Å². The monoisotopic (exact) mass is 290 g/mol. The van der Waals surface area contributed by atoms with Crippen molar-refractivity contribution in [1.82, 2.24) is 0 Å². The fraction of sp³-hybridized carbons (Fsp3) is 0.400. The quantitative estimate of drug-likeness (QED) is 0.775. The normalized spacial score (nSPS) is 29.2. The number of nitrogens with zero attached hydrogens (tertiary/aromatic N) is 2. The molecule has 0 radical (unpaired) electrons. The van der Waals surface area contributed by atoms with Gasteiger partial charge in [-0.3, -0.25) is 0 Å². The number of hydrogen-bond acceptors (Lipinski definition) is 2. The molecule has 2 nitrogen and oxygen atoms in total. The molecule has 2 heteroatoms. The first kappa shape index (κ1) is 12.6. The third kappa shape index (κ3) is 1.67. The summed E-state index contributed by atoms with van der Waals surface area (Å²) in [5.41, 5.74) is 4.43. The average molecular weight is 290 g/mol. The molecule has 0 saturated carbocycles. The molecule has 3 heterocycles. The number of para-hydroxylation sites is 2. The first-order valence-electron chi connectivity index (χ1n) is 8.61. The van der Waals surface area contributed by atoms with E-state index in [0.717, 1.165) is 12.0 Å². The highest BCUT2D eigenvalue weighted by Crippen LogP contribution is 2.52. The summed E-state index contributed by atoms with van der Waals surface area (Å²) in [6.07, 6.45) is 4.06. The van der Waals surface area contributed by atoms with E-state index in [2.05, 4.69) is 64.4 Å². The van der Waals surface area contributed by atoms with Crippen LogP contribution in [0.15, 0.2) is 54.6 Å². The van der Waals surface area contributed by atoms with Crippen molar-refractivity contribution >= 4 is 11.4 Å². The fourth-order valence-electron chi connectivity index (χ4n) is 5.06. The summed E-state index contributed by atoms with van der Waals surface area (Å²) in [6.45, 7) is 2.44. The van der Waals surface area contributed by atoms with E-state index in [9.17, 15) is 0 Å². The minimum absolute atomic E-state index is 0.568. The van der Waals surface area contributed by atoms with Crippen LogP contribution in [0.1, 0.15) is 30.9 Å². The molecule has 22 heavy (non-hydrogen) atoms. The lowest BCUT2D eigenvalue weighted by molar-refractivity contribution is 0.374. The van der Waals surface area contributed by atoms with Crippen molar-refractivity contribution in [3.05, 3.63) is 60.2 Å². The molecule has 2 fully saturated rings. The molecule has 2 aromatic carbocycles. The summed E-state index contributed by atoms with van der Waals surface area (Å²) in [6, 6.07) is 21.4. The Morgan fingerprint density at radius 2 is 1.59 bits per heavy atom. The lowest BCUT2D eigenvalue weighted by Gasteiger charge is -2.44. The molecule has 0 spiro atoms. The van der Waals surface area contributed by atoms with Crippen LogP contribution >= 0.6 is 0 Å². The summed E-state index contributed by atoms with van der Waals surface area (Å²) < 4.78 is 0. The maximum atomic E-state index is 2.70. The highest BCUT2D eigenvalue weighted by molar-refractivity contribution is 5.63. The van der Waals surface area contributed by atoms with Crippen molar-refractivity contribution in [3.63, 3.8) is 0 Å². The SMILES string of the molecule is c1ccc(N2CC[C@H]3[C@H]4CCCN4c4ccccc4[C@H]32)cc1. The summed E-state index contributed by atoms with van der Waals surface area (Å²) in [7, 11) is 0. The van der Waals surface area contributed by atoms with Gasteiger partial charge < -0.3 is 9.80 Å². The smallest absolute Gasteiger partial charge is 0.0611 e. The zero-order valence-electron chi connectivity index (χ0n) is 12.9. The standard InChI is InChI=1S/C20H22N2/c1-2-7-15(8-3-1)21-14-12-17-19-11-6-13-22(19)18-10-5-4-9-16(18)20(17)21/h1-5,7-10,17,19-20H,6,11-14H2/t17-,19+,20+/m0/s1. The fourth-order valence-corrected chi connectivity index (χ4v) is 5.06. The van der Waals surface area contributed by atoms with Gasteiger partial charge in [0.05, 0.1) is 6.04 Å². The van der Waals surface area contributed by atoms with E-state index in [1.54, 1.807) is 5.56 Å². The summed E-state index contributed by atoms with van der Waals surface area (Å²) in [4.78, 5) is 5.35. The lowest BCUT2D eigenvalue weighted by atomic mass is 9.81. The van der Waals surface area contributed by atoms with Gasteiger partial charge in [0, 0.05) is 36.4 Å². The largest absolute Gasteiger partial charge is 0.368 e. The molecule has 0 aromatic heterocycles. The molecule has 0 unspecified atom stereocenters. The molecule has 2 saturated heterocycles. The minimum atomic E-state index is 0.568. The molecule has 2 aromatic rings. The predicted molar refractivity (Wildman–Crippen MR) is 91.4 cm³/mol. The lowest BCUT2D eigenvalue weighted by Crippen LogP contribution is -2.44. The van der Waals surface area contributed by atoms with Crippen molar-refractivity contribution in [2.24, 2.45) is 5.92 Å². The van der Waals surface area contributed by atoms with Gasteiger partial charge in [0.1, 0.15) is 0 Å². The van der Waals surface area contributed by atoms with Crippen LogP contribution in [0, 0.1) is 5.92 Å². The van der Waals surface area contributed by atoms with Crippen LogP contribution in [-0.4, -0.2) is 19.1 Å². The molecule has 0 aliphatic carbocycles. The number of benzene rings is 2. The van der Waals surface area contributed by atoms with E-state index in [1.807, 2.05) is 0 Å². The Balaban J connectivity index is 1.64. The van der Waals surface area contributed by atoms with Crippen LogP contribution in [0.2, 0.25) is 0 Å². The summed E-state index contributed by atoms with van der Waals surface area (Å²) in [5, 5.41) is 0. The Kier molecular flexibility index (Phi) is 2.73. The second kappa shape index (κ2) is 4.77. The van der Waals surface area contributed by atoms with Gasteiger partial charge in [-0.05, 0) is 43.0 Å². The first-order valence-corrected chi connectivity index (χ1v) is 8.61. The molecule has 0 amide bonds. The van der Waals surface area contributed by atoms with Crippen molar-refractivity contribution in [2.75, 3.05) is 22.9 Å². The predicted octanol–water partition coefficient (Wildman–Crippen LogP) is 4.24. The third-order valence-corrected chi connectivity index (χ3v) is 5.89. The Labute approximate surface area is 132 Å². The third-order valence-electron chi connectivity index (χ3n) is 5.89. The van der Waals surface area contributed by atoms with Crippen LogP contribution in [0.25, 0.3) is 0 Å². The number of anilines is 2. The van der Waals surface area contributed by atoms with E-state index >= 15 is 0 Å². The van der Waals surface area contributed by atoms with E-state index < -0.39 is 0 Å². The second-order valence-corrected chi connectivity index (χ2v) is 6.89. The van der Waals surface area contributed by atoms with Crippen molar-refractivity contribution in [2.45, 2.75) is 31.3 Å². The van der Waals surface area contributed by atoms with Gasteiger partial charge in [0.25, 0.3) is 0 Å². The number of rotatable bonds is 1. The average Bonchev–Trinajstić information content (AvgIpc) is 3.23. The Morgan fingerprint density at radius 3 is 2.50 bits per heavy atom. The van der Waals surface area contributed by atoms with Crippen molar-refractivity contribution in [3.8, 4) is 0 Å². The van der Waals surface area contributed by atoms with Gasteiger partial charge in [-0.25, -0.2) is 0 Å². The Bertz CT molecular complexity index is 681. The van der Waals surface area contributed by atoms with Crippen LogP contribution in [-0.2, 0) is 0 Å². The van der Waals surface area contributed by atoms with Gasteiger partial charge in [-0.15, -0.1) is 0 Å². The molecule has 3 aliphatic heterocycles. The Hall–Kier alpha value is -1.96. The molecule has 5 rings (SSSR count). The molecular weight excluding hydrogens is 268 g/mol. The van der Waals surface area contributed by atoms with Crippen molar-refractivity contribution < 1.29 is 0 Å². The van der Waals surface area contributed by atoms with Crippen LogP contribution in [0.4, 0.5) is 11.4 Å². The second-order valence-electron chi connectivity index (χ2n) is 6.89. The zero-order valence-corrected chi connectivity index (χ0v) is 12.9. The number of hydrogen-bond donors (Lipinski definition) is 0. The molecule has 3 aliphatic rings. The van der Waals surface area contributed by atoms with Crippen LogP contribution < -0.4 is 9.80 Å². The van der Waals surface area contributed by atoms with Gasteiger partial charge >= 0.3 is 0 Å². The maximum absolute atomic E-state index is 2.70. The highest BCUT2D eigenvalue weighted by Gasteiger charge is 2.48. The molecule has 0 bridgehead atoms. The van der Waals surface area contributed by atoms with E-state index in [4.69, 9.17) is 0 Å². The van der Waals surface area contributed by atoms with Crippen LogP contribution in [0.3, 0.4) is 0 Å². The van der Waals surface area contributed by atoms with Gasteiger partial charge in [0.15, 0.2) is 0 Å². The minimum Gasteiger partial charge on any atom is -0.368 e. The van der Waals surface area contributed by atoms with E-state index in [0.29, 0.717) is 6.04 Å². The summed E-state index contributed by atoms with van der Waals surface area (Å²) in [5.74, 6) is 0.789. The van der Waals surface area contributed by atoms with Gasteiger partial charge in [-0.1, -0.05) is 36.4 Å². The Morgan fingerprint density at radius 1 is 0.773 bits per heavy atom. The van der Waals surface area contributed by atoms with E-state index in [1.165, 1.54) is 43.7 Å².